The Labute approximate surface area is 176 Å². The summed E-state index contributed by atoms with van der Waals surface area (Å²) in [4.78, 5) is 13.0. The molecule has 0 aliphatic carbocycles. The lowest BCUT2D eigenvalue weighted by molar-refractivity contribution is -0.137. The van der Waals surface area contributed by atoms with Crippen LogP contribution in [0.15, 0.2) is 42.9 Å². The van der Waals surface area contributed by atoms with E-state index in [9.17, 15) is 13.2 Å². The summed E-state index contributed by atoms with van der Waals surface area (Å²) in [6, 6.07) is 5.51. The van der Waals surface area contributed by atoms with Gasteiger partial charge in [-0.15, -0.1) is 5.10 Å². The average molecular weight is 430 g/mol. The first-order valence-electron chi connectivity index (χ1n) is 10.1. The van der Waals surface area contributed by atoms with E-state index >= 15 is 0 Å². The van der Waals surface area contributed by atoms with E-state index in [1.807, 2.05) is 0 Å². The molecule has 2 fully saturated rings. The third-order valence-corrected chi connectivity index (χ3v) is 6.00. The largest absolute Gasteiger partial charge is 0.416 e. The van der Waals surface area contributed by atoms with Crippen LogP contribution in [-0.4, -0.2) is 55.5 Å². The van der Waals surface area contributed by atoms with E-state index in [-0.39, 0.29) is 6.04 Å². The molecule has 2 N–H and O–H groups in total. The molecule has 162 valence electrons. The molecule has 8 nitrogen and oxygen atoms in total. The molecule has 31 heavy (non-hydrogen) atoms. The minimum Gasteiger partial charge on any atom is -0.381 e. The molecule has 5 rings (SSSR count). The fraction of sp³-hybridized carbons (Fsp3) is 0.400. The highest BCUT2D eigenvalue weighted by atomic mass is 19.4. The van der Waals surface area contributed by atoms with Crippen molar-refractivity contribution >= 4 is 11.6 Å². The maximum absolute atomic E-state index is 13.0. The summed E-state index contributed by atoms with van der Waals surface area (Å²) in [5.74, 6) is 1.13. The summed E-state index contributed by atoms with van der Waals surface area (Å²) in [5.41, 5.74) is 6.39. The highest BCUT2D eigenvalue weighted by Gasteiger charge is 2.40. The lowest BCUT2D eigenvalue weighted by Gasteiger charge is -2.40. The van der Waals surface area contributed by atoms with Gasteiger partial charge in [0.15, 0.2) is 11.6 Å². The molecule has 0 bridgehead atoms. The van der Waals surface area contributed by atoms with Crippen molar-refractivity contribution < 1.29 is 13.2 Å². The summed E-state index contributed by atoms with van der Waals surface area (Å²) in [6.07, 6.45) is 2.45. The minimum atomic E-state index is -4.40. The number of nitrogens with two attached hydrogens (primary N) is 1. The van der Waals surface area contributed by atoms with Crippen LogP contribution >= 0.6 is 0 Å². The van der Waals surface area contributed by atoms with Gasteiger partial charge in [0.1, 0.15) is 5.69 Å². The molecule has 2 aliphatic rings. The van der Waals surface area contributed by atoms with E-state index in [0.29, 0.717) is 23.4 Å². The van der Waals surface area contributed by atoms with Crippen LogP contribution in [0.4, 0.5) is 24.8 Å². The Kier molecular flexibility index (Phi) is 4.77. The van der Waals surface area contributed by atoms with Crippen LogP contribution in [0.25, 0.3) is 5.69 Å². The van der Waals surface area contributed by atoms with Gasteiger partial charge in [0.05, 0.1) is 23.5 Å². The van der Waals surface area contributed by atoms with E-state index in [2.05, 4.69) is 30.1 Å². The van der Waals surface area contributed by atoms with Gasteiger partial charge < -0.3 is 10.6 Å². The summed E-state index contributed by atoms with van der Waals surface area (Å²) in [7, 11) is 0. The van der Waals surface area contributed by atoms with Gasteiger partial charge >= 0.3 is 6.18 Å². The molecule has 2 aliphatic heterocycles. The number of rotatable bonds is 3. The van der Waals surface area contributed by atoms with Gasteiger partial charge in [-0.3, -0.25) is 4.90 Å². The minimum absolute atomic E-state index is 0.0888. The number of nitrogen functional groups attached to an aromatic ring is 1. The number of halogens is 3. The zero-order valence-electron chi connectivity index (χ0n) is 16.6. The fourth-order valence-corrected chi connectivity index (χ4v) is 4.53. The number of anilines is 2. The molecular formula is C20H21F3N8. The van der Waals surface area contributed by atoms with Crippen LogP contribution in [0.1, 0.15) is 30.1 Å². The number of benzene rings is 1. The molecule has 0 amide bonds. The van der Waals surface area contributed by atoms with Crippen LogP contribution in [0.3, 0.4) is 0 Å². The molecule has 0 spiro atoms. The van der Waals surface area contributed by atoms with Crippen molar-refractivity contribution in [2.45, 2.75) is 31.1 Å². The first-order chi connectivity index (χ1) is 14.9. The molecular weight excluding hydrogens is 409 g/mol. The Morgan fingerprint density at radius 2 is 1.90 bits per heavy atom. The number of nitrogens with zero attached hydrogens (tertiary/aromatic N) is 7. The van der Waals surface area contributed by atoms with Gasteiger partial charge in [-0.1, -0.05) is 11.3 Å². The van der Waals surface area contributed by atoms with Crippen LogP contribution in [0, 0.1) is 0 Å². The summed E-state index contributed by atoms with van der Waals surface area (Å²) >= 11 is 0. The lowest BCUT2D eigenvalue weighted by Crippen LogP contribution is -2.51. The topological polar surface area (TPSA) is 89.0 Å². The maximum atomic E-state index is 13.0. The first kappa shape index (κ1) is 19.7. The van der Waals surface area contributed by atoms with Gasteiger partial charge in [-0.05, 0) is 31.0 Å². The number of piperazine rings is 1. The Morgan fingerprint density at radius 3 is 2.71 bits per heavy atom. The normalized spacial score (nSPS) is 22.0. The maximum Gasteiger partial charge on any atom is 0.416 e. The third kappa shape index (κ3) is 3.69. The molecule has 4 heterocycles. The second-order valence-corrected chi connectivity index (χ2v) is 7.83. The average Bonchev–Trinajstić information content (AvgIpc) is 3.40. The van der Waals surface area contributed by atoms with Crippen molar-refractivity contribution in [2.75, 3.05) is 30.3 Å². The molecule has 0 radical (unpaired) electrons. The van der Waals surface area contributed by atoms with Gasteiger partial charge in [0, 0.05) is 38.1 Å². The van der Waals surface area contributed by atoms with Crippen LogP contribution in [0.5, 0.6) is 0 Å². The van der Waals surface area contributed by atoms with Crippen molar-refractivity contribution in [1.29, 1.82) is 0 Å². The Morgan fingerprint density at radius 1 is 1.06 bits per heavy atom. The molecule has 2 aromatic heterocycles. The Balaban J connectivity index is 1.32. The fourth-order valence-electron chi connectivity index (χ4n) is 4.53. The van der Waals surface area contributed by atoms with Gasteiger partial charge in [0.2, 0.25) is 0 Å². The molecule has 2 atom stereocenters. The van der Waals surface area contributed by atoms with Crippen molar-refractivity contribution in [3.05, 3.63) is 54.1 Å². The summed E-state index contributed by atoms with van der Waals surface area (Å²) in [5, 5.41) is 8.38. The van der Waals surface area contributed by atoms with Crippen LogP contribution in [-0.2, 0) is 6.18 Å². The number of alkyl halides is 3. The van der Waals surface area contributed by atoms with E-state index in [4.69, 9.17) is 5.73 Å². The monoisotopic (exact) mass is 430 g/mol. The number of hydrogen-bond donors (Lipinski definition) is 1. The van der Waals surface area contributed by atoms with E-state index in [0.717, 1.165) is 50.3 Å². The predicted octanol–water partition coefficient (Wildman–Crippen LogP) is 2.68. The number of hydrogen-bond acceptors (Lipinski definition) is 7. The lowest BCUT2D eigenvalue weighted by atomic mass is 10.1. The quantitative estimate of drug-likeness (QED) is 0.683. The number of fused-ring (bicyclic) bond motifs is 1. The van der Waals surface area contributed by atoms with Crippen LogP contribution < -0.4 is 10.6 Å². The smallest absolute Gasteiger partial charge is 0.381 e. The van der Waals surface area contributed by atoms with Crippen molar-refractivity contribution in [3.8, 4) is 5.69 Å². The van der Waals surface area contributed by atoms with Crippen molar-refractivity contribution in [1.82, 2.24) is 29.9 Å². The third-order valence-electron chi connectivity index (χ3n) is 6.00. The molecule has 0 saturated carbocycles. The van der Waals surface area contributed by atoms with Gasteiger partial charge in [-0.25, -0.2) is 14.6 Å². The van der Waals surface area contributed by atoms with E-state index in [1.54, 1.807) is 24.7 Å². The zero-order chi connectivity index (χ0) is 21.6. The highest BCUT2D eigenvalue weighted by molar-refractivity contribution is 5.57. The highest BCUT2D eigenvalue weighted by Crippen LogP contribution is 2.38. The number of aromatic nitrogens is 5. The first-order valence-corrected chi connectivity index (χ1v) is 10.1. The second-order valence-electron chi connectivity index (χ2n) is 7.83. The van der Waals surface area contributed by atoms with Gasteiger partial charge in [-0.2, -0.15) is 13.2 Å². The molecule has 1 aromatic carbocycles. The molecule has 3 aromatic rings. The Bertz CT molecular complexity index is 1080. The van der Waals surface area contributed by atoms with E-state index in [1.165, 1.54) is 10.7 Å². The summed E-state index contributed by atoms with van der Waals surface area (Å²) in [6.45, 7) is 2.36. The van der Waals surface area contributed by atoms with Crippen molar-refractivity contribution in [2.24, 2.45) is 0 Å². The van der Waals surface area contributed by atoms with Crippen molar-refractivity contribution in [3.63, 3.8) is 0 Å². The zero-order valence-corrected chi connectivity index (χ0v) is 16.6. The second kappa shape index (κ2) is 7.49. The van der Waals surface area contributed by atoms with E-state index < -0.39 is 11.7 Å². The predicted molar refractivity (Wildman–Crippen MR) is 107 cm³/mol. The Hall–Kier alpha value is -3.21. The van der Waals surface area contributed by atoms with Crippen LogP contribution in [0.2, 0.25) is 0 Å². The molecule has 2 saturated heterocycles. The standard InChI is InChI=1S/C20H21F3N8/c21-20(22,23)13-2-1-3-14(10-13)31-12-16(27-28-31)17-5-4-15-11-29(8-9-30(15)17)19-18(24)25-6-7-26-19/h1-3,6-7,10,12,15,17H,4-5,8-9,11H2,(H2,24,25)/t15-,17+/m0/s1. The molecule has 11 heteroatoms. The molecule has 0 unspecified atom stereocenters. The SMILES string of the molecule is Nc1nccnc1N1CCN2[C@@H](CC[C@@H]2c2cn(-c3cccc(C(F)(F)F)c3)nn2)C1. The van der Waals surface area contributed by atoms with Gasteiger partial charge in [0.25, 0.3) is 0 Å². The summed E-state index contributed by atoms with van der Waals surface area (Å²) < 4.78 is 40.5.